The van der Waals surface area contributed by atoms with Gasteiger partial charge in [-0.3, -0.25) is 4.79 Å². The Morgan fingerprint density at radius 3 is 2.12 bits per heavy atom. The first-order chi connectivity index (χ1) is 12.5. The lowest BCUT2D eigenvalue weighted by Gasteiger charge is -2.10. The first-order valence-corrected chi connectivity index (χ1v) is 7.86. The SMILES string of the molecule is CCOC(=O)Oc1ccc(NC(=O)Nc2cccc(NC(C)=O)c2)cc1. The summed E-state index contributed by atoms with van der Waals surface area (Å²) in [7, 11) is 0. The molecule has 0 saturated heterocycles. The number of urea groups is 1. The molecule has 0 heterocycles. The molecule has 0 spiro atoms. The van der Waals surface area contributed by atoms with Gasteiger partial charge in [-0.15, -0.1) is 0 Å². The third-order valence-electron chi connectivity index (χ3n) is 3.02. The maximum absolute atomic E-state index is 12.0. The second-order valence-electron chi connectivity index (χ2n) is 5.15. The van der Waals surface area contributed by atoms with Crippen LogP contribution in [-0.4, -0.2) is 24.7 Å². The van der Waals surface area contributed by atoms with Crippen LogP contribution in [0.25, 0.3) is 0 Å². The third kappa shape index (κ3) is 6.16. The Kier molecular flexibility index (Phi) is 6.55. The van der Waals surface area contributed by atoms with Gasteiger partial charge < -0.3 is 25.4 Å². The summed E-state index contributed by atoms with van der Waals surface area (Å²) in [6.45, 7) is 3.31. The Hall–Kier alpha value is -3.55. The lowest BCUT2D eigenvalue weighted by Crippen LogP contribution is -2.19. The number of nitrogens with one attached hydrogen (secondary N) is 3. The van der Waals surface area contributed by atoms with E-state index >= 15 is 0 Å². The molecule has 2 aromatic carbocycles. The summed E-state index contributed by atoms with van der Waals surface area (Å²) in [6, 6.07) is 12.5. The molecule has 0 atom stereocenters. The zero-order valence-corrected chi connectivity index (χ0v) is 14.4. The number of ether oxygens (including phenoxy) is 2. The first kappa shape index (κ1) is 18.8. The number of rotatable bonds is 5. The van der Waals surface area contributed by atoms with Crippen LogP contribution in [0.15, 0.2) is 48.5 Å². The summed E-state index contributed by atoms with van der Waals surface area (Å²) in [5.41, 5.74) is 1.61. The zero-order chi connectivity index (χ0) is 18.9. The monoisotopic (exact) mass is 357 g/mol. The molecule has 3 N–H and O–H groups in total. The highest BCUT2D eigenvalue weighted by molar-refractivity contribution is 6.00. The van der Waals surface area contributed by atoms with Gasteiger partial charge in [0.15, 0.2) is 0 Å². The predicted octanol–water partition coefficient (Wildman–Crippen LogP) is 3.82. The molecular formula is C18H19N3O5. The molecule has 0 unspecified atom stereocenters. The van der Waals surface area contributed by atoms with Gasteiger partial charge >= 0.3 is 12.2 Å². The van der Waals surface area contributed by atoms with Crippen molar-refractivity contribution in [3.05, 3.63) is 48.5 Å². The Morgan fingerprint density at radius 2 is 1.50 bits per heavy atom. The topological polar surface area (TPSA) is 106 Å². The molecule has 8 heteroatoms. The average molecular weight is 357 g/mol. The van der Waals surface area contributed by atoms with Gasteiger partial charge in [-0.2, -0.15) is 0 Å². The van der Waals surface area contributed by atoms with Crippen molar-refractivity contribution >= 4 is 35.2 Å². The molecule has 0 aliphatic carbocycles. The minimum absolute atomic E-state index is 0.197. The number of benzene rings is 2. The fourth-order valence-electron chi connectivity index (χ4n) is 2.02. The van der Waals surface area contributed by atoms with Crippen molar-refractivity contribution in [3.63, 3.8) is 0 Å². The molecule has 2 rings (SSSR count). The van der Waals surface area contributed by atoms with Crippen LogP contribution in [0.3, 0.4) is 0 Å². The lowest BCUT2D eigenvalue weighted by atomic mass is 10.2. The van der Waals surface area contributed by atoms with Crippen LogP contribution in [-0.2, 0) is 9.53 Å². The molecule has 0 aliphatic rings. The highest BCUT2D eigenvalue weighted by Crippen LogP contribution is 2.18. The molecule has 8 nitrogen and oxygen atoms in total. The maximum Gasteiger partial charge on any atom is 0.513 e. The van der Waals surface area contributed by atoms with E-state index in [1.54, 1.807) is 43.3 Å². The van der Waals surface area contributed by atoms with E-state index < -0.39 is 12.2 Å². The van der Waals surface area contributed by atoms with Crippen molar-refractivity contribution in [1.82, 2.24) is 0 Å². The Labute approximate surface area is 150 Å². The molecule has 26 heavy (non-hydrogen) atoms. The quantitative estimate of drug-likeness (QED) is 0.557. The molecule has 0 radical (unpaired) electrons. The number of amides is 3. The Morgan fingerprint density at radius 1 is 0.885 bits per heavy atom. The van der Waals surface area contributed by atoms with Crippen molar-refractivity contribution in [2.75, 3.05) is 22.6 Å². The summed E-state index contributed by atoms with van der Waals surface area (Å²) in [6.07, 6.45) is -0.787. The molecule has 136 valence electrons. The molecule has 0 bridgehead atoms. The smallest absolute Gasteiger partial charge is 0.434 e. The zero-order valence-electron chi connectivity index (χ0n) is 14.4. The predicted molar refractivity (Wildman–Crippen MR) is 97.5 cm³/mol. The van der Waals surface area contributed by atoms with Crippen molar-refractivity contribution in [1.29, 1.82) is 0 Å². The molecule has 3 amide bonds. The van der Waals surface area contributed by atoms with Crippen LogP contribution < -0.4 is 20.7 Å². The number of carbonyl (C=O) groups excluding carboxylic acids is 3. The standard InChI is InChI=1S/C18H19N3O5/c1-3-25-18(24)26-16-9-7-13(8-10-16)20-17(23)21-15-6-4-5-14(11-15)19-12(2)22/h4-11H,3H2,1-2H3,(H,19,22)(H2,20,21,23). The van der Waals surface area contributed by atoms with Crippen LogP contribution in [0, 0.1) is 0 Å². The average Bonchev–Trinajstić information content (AvgIpc) is 2.56. The van der Waals surface area contributed by atoms with Gasteiger partial charge in [-0.05, 0) is 49.4 Å². The molecule has 0 fully saturated rings. The third-order valence-corrected chi connectivity index (χ3v) is 3.02. The largest absolute Gasteiger partial charge is 0.513 e. The van der Waals surface area contributed by atoms with Crippen LogP contribution in [0.1, 0.15) is 13.8 Å². The van der Waals surface area contributed by atoms with Gasteiger partial charge in [0.2, 0.25) is 5.91 Å². The minimum atomic E-state index is -0.787. The van der Waals surface area contributed by atoms with Gasteiger partial charge in [0.25, 0.3) is 0 Å². The van der Waals surface area contributed by atoms with Crippen molar-refractivity contribution in [2.45, 2.75) is 13.8 Å². The van der Waals surface area contributed by atoms with Crippen molar-refractivity contribution < 1.29 is 23.9 Å². The highest BCUT2D eigenvalue weighted by Gasteiger charge is 2.07. The summed E-state index contributed by atoms with van der Waals surface area (Å²) >= 11 is 0. The van der Waals surface area contributed by atoms with Gasteiger partial charge in [-0.25, -0.2) is 9.59 Å². The number of carbonyl (C=O) groups is 3. The lowest BCUT2D eigenvalue weighted by molar-refractivity contribution is -0.114. The van der Waals surface area contributed by atoms with Crippen molar-refractivity contribution in [2.24, 2.45) is 0 Å². The van der Waals surface area contributed by atoms with E-state index in [1.165, 1.54) is 19.1 Å². The Bertz CT molecular complexity index is 790. The fourth-order valence-corrected chi connectivity index (χ4v) is 2.02. The summed E-state index contributed by atoms with van der Waals surface area (Å²) < 4.78 is 9.60. The first-order valence-electron chi connectivity index (χ1n) is 7.86. The Balaban J connectivity index is 1.91. The van der Waals surface area contributed by atoms with Gasteiger partial charge in [-0.1, -0.05) is 6.07 Å². The van der Waals surface area contributed by atoms with E-state index in [2.05, 4.69) is 20.7 Å². The second kappa shape index (κ2) is 9.07. The van der Waals surface area contributed by atoms with Gasteiger partial charge in [0, 0.05) is 24.0 Å². The summed E-state index contributed by atoms with van der Waals surface area (Å²) in [4.78, 5) is 34.3. The molecule has 0 aliphatic heterocycles. The van der Waals surface area contributed by atoms with E-state index in [9.17, 15) is 14.4 Å². The van der Waals surface area contributed by atoms with Gasteiger partial charge in [0.1, 0.15) is 5.75 Å². The number of hydrogen-bond acceptors (Lipinski definition) is 5. The number of anilines is 3. The van der Waals surface area contributed by atoms with Crippen LogP contribution in [0.2, 0.25) is 0 Å². The molecule has 2 aromatic rings. The summed E-state index contributed by atoms with van der Waals surface area (Å²) in [5, 5.41) is 7.94. The van der Waals surface area contributed by atoms with Crippen LogP contribution >= 0.6 is 0 Å². The maximum atomic E-state index is 12.0. The highest BCUT2D eigenvalue weighted by atomic mass is 16.7. The van der Waals surface area contributed by atoms with E-state index in [0.717, 1.165) is 0 Å². The molecule has 0 saturated carbocycles. The fraction of sp³-hybridized carbons (Fsp3) is 0.167. The minimum Gasteiger partial charge on any atom is -0.434 e. The second-order valence-corrected chi connectivity index (χ2v) is 5.15. The van der Waals surface area contributed by atoms with E-state index in [1.807, 2.05) is 0 Å². The summed E-state index contributed by atoms with van der Waals surface area (Å²) in [5.74, 6) is 0.106. The van der Waals surface area contributed by atoms with E-state index in [0.29, 0.717) is 22.8 Å². The number of hydrogen-bond donors (Lipinski definition) is 3. The van der Waals surface area contributed by atoms with E-state index in [-0.39, 0.29) is 12.5 Å². The normalized spacial score (nSPS) is 9.77. The van der Waals surface area contributed by atoms with Crippen molar-refractivity contribution in [3.8, 4) is 5.75 Å². The van der Waals surface area contributed by atoms with Crippen LogP contribution in [0.4, 0.5) is 26.7 Å². The van der Waals surface area contributed by atoms with E-state index in [4.69, 9.17) is 4.74 Å². The van der Waals surface area contributed by atoms with Gasteiger partial charge in [0.05, 0.1) is 6.61 Å². The van der Waals surface area contributed by atoms with Crippen LogP contribution in [0.5, 0.6) is 5.75 Å². The molecule has 0 aromatic heterocycles. The molecular weight excluding hydrogens is 338 g/mol.